The van der Waals surface area contributed by atoms with E-state index in [4.69, 9.17) is 0 Å². The summed E-state index contributed by atoms with van der Waals surface area (Å²) in [7, 11) is 1.77. The predicted octanol–water partition coefficient (Wildman–Crippen LogP) is 4.55. The van der Waals surface area contributed by atoms with Gasteiger partial charge in [0.25, 0.3) is 5.91 Å². The first-order valence-electron chi connectivity index (χ1n) is 12.1. The minimum Gasteiger partial charge on any atom is -0.360 e. The van der Waals surface area contributed by atoms with E-state index >= 15 is 0 Å². The monoisotopic (exact) mass is 544 g/mol. The second-order valence-corrected chi connectivity index (χ2v) is 9.61. The molecule has 1 aliphatic heterocycles. The van der Waals surface area contributed by atoms with Gasteiger partial charge in [-0.15, -0.1) is 0 Å². The molecule has 3 heterocycles. The molecule has 0 atom stereocenters. The lowest BCUT2D eigenvalue weighted by atomic mass is 10.1. The Morgan fingerprint density at radius 3 is 2.38 bits per heavy atom. The molecule has 0 bridgehead atoms. The third kappa shape index (κ3) is 6.10. The van der Waals surface area contributed by atoms with Crippen LogP contribution in [-0.4, -0.2) is 74.7 Å². The van der Waals surface area contributed by atoms with Gasteiger partial charge in [0.05, 0.1) is 38.4 Å². The van der Waals surface area contributed by atoms with Crippen molar-refractivity contribution in [1.82, 2.24) is 19.5 Å². The summed E-state index contributed by atoms with van der Waals surface area (Å²) in [5.41, 5.74) is 2.09. The molecule has 2 aromatic carbocycles. The van der Waals surface area contributed by atoms with Gasteiger partial charge in [0.2, 0.25) is 0 Å². The Balaban J connectivity index is 1.35. The first kappa shape index (κ1) is 26.4. The third-order valence-corrected chi connectivity index (χ3v) is 6.54. The van der Waals surface area contributed by atoms with Gasteiger partial charge in [-0.1, -0.05) is 0 Å². The molecule has 204 valence electrons. The van der Waals surface area contributed by atoms with Crippen LogP contribution >= 0.6 is 0 Å². The smallest absolute Gasteiger partial charge is 0.360 e. The number of nitrogens with zero attached hydrogens (tertiary/aromatic N) is 5. The van der Waals surface area contributed by atoms with Crippen molar-refractivity contribution in [2.75, 3.05) is 43.4 Å². The van der Waals surface area contributed by atoms with E-state index < -0.39 is 24.4 Å². The molecule has 3 N–H and O–H groups in total. The first-order valence-corrected chi connectivity index (χ1v) is 12.1. The number of halogens is 4. The molecule has 39 heavy (non-hydrogen) atoms. The number of likely N-dealkylation sites (N-methyl/N-ethyl adjacent to an activating group) is 1. The number of aromatic amines is 1. The third-order valence-electron chi connectivity index (χ3n) is 6.54. The Labute approximate surface area is 220 Å². The van der Waals surface area contributed by atoms with Gasteiger partial charge in [0, 0.05) is 16.9 Å². The summed E-state index contributed by atoms with van der Waals surface area (Å²) < 4.78 is 54.0. The number of hydrogen-bond donors (Lipinski definition) is 3. The van der Waals surface area contributed by atoms with Crippen molar-refractivity contribution in [3.8, 4) is 22.8 Å². The summed E-state index contributed by atoms with van der Waals surface area (Å²) in [4.78, 5) is 26.1. The lowest BCUT2D eigenvalue weighted by Gasteiger charge is -2.37. The standard InChI is InChI=1S/C26H25F4N7O2/c1-37(39)12-10-35(11-13-37)20-8-6-19(7-9-20)33-25(38)21-14-31-24(34-21)23-22(17-2-4-18(27)5-3-17)32-16-36(23)15-26(28,29)30/h2-9,14,16,39H,10-13,15H2,1H3,(H-,31,33,34,38)/p+1. The van der Waals surface area contributed by atoms with Crippen molar-refractivity contribution >= 4 is 17.3 Å². The number of anilines is 2. The van der Waals surface area contributed by atoms with Crippen molar-refractivity contribution < 1.29 is 32.2 Å². The van der Waals surface area contributed by atoms with Crippen molar-refractivity contribution in [3.63, 3.8) is 0 Å². The Bertz CT molecular complexity index is 1450. The molecule has 0 radical (unpaired) electrons. The SMILES string of the molecule is C[N+]1(O)CCN(c2ccc(NC(=O)c3cnc(-c4c(-c5ccc(F)cc5)ncn4CC(F)(F)F)[nH]3)cc2)CC1. The molecule has 1 amide bonds. The highest BCUT2D eigenvalue weighted by Gasteiger charge is 2.31. The number of imidazole rings is 2. The zero-order valence-corrected chi connectivity index (χ0v) is 20.9. The topological polar surface area (TPSA) is 99.1 Å². The average Bonchev–Trinajstić information content (AvgIpc) is 3.51. The molecule has 0 unspecified atom stereocenters. The van der Waals surface area contributed by atoms with Crippen molar-refractivity contribution in [2.45, 2.75) is 12.7 Å². The normalized spacial score (nSPS) is 15.4. The minimum absolute atomic E-state index is 0.0101. The van der Waals surface area contributed by atoms with Gasteiger partial charge in [0.15, 0.2) is 5.82 Å². The lowest BCUT2D eigenvalue weighted by Crippen LogP contribution is -2.55. The number of quaternary nitrogens is 1. The second-order valence-electron chi connectivity index (χ2n) is 9.61. The van der Waals surface area contributed by atoms with E-state index in [1.165, 1.54) is 30.5 Å². The molecule has 1 fully saturated rings. The molecule has 13 heteroatoms. The number of aromatic nitrogens is 4. The summed E-state index contributed by atoms with van der Waals surface area (Å²) in [5.74, 6) is -1.02. The quantitative estimate of drug-likeness (QED) is 0.244. The number of benzene rings is 2. The number of carbonyl (C=O) groups excluding carboxylic acids is 1. The Hall–Kier alpha value is -4.23. The van der Waals surface area contributed by atoms with Gasteiger partial charge in [0.1, 0.15) is 36.8 Å². The molecule has 0 spiro atoms. The van der Waals surface area contributed by atoms with E-state index in [1.807, 2.05) is 12.1 Å². The fourth-order valence-electron chi connectivity index (χ4n) is 4.43. The van der Waals surface area contributed by atoms with E-state index in [-0.39, 0.29) is 27.6 Å². The Kier molecular flexibility index (Phi) is 6.87. The molecule has 5 rings (SSSR count). The number of amides is 1. The van der Waals surface area contributed by atoms with Crippen LogP contribution in [0.2, 0.25) is 0 Å². The number of hydroxylamine groups is 3. The summed E-state index contributed by atoms with van der Waals surface area (Å²) in [6.45, 7) is 1.27. The maximum absolute atomic E-state index is 13.4. The number of nitrogens with one attached hydrogen (secondary N) is 2. The highest BCUT2D eigenvalue weighted by atomic mass is 19.4. The summed E-state index contributed by atoms with van der Waals surface area (Å²) in [6, 6.07) is 12.4. The fourth-order valence-corrected chi connectivity index (χ4v) is 4.43. The number of alkyl halides is 3. The fraction of sp³-hybridized carbons (Fsp3) is 0.269. The van der Waals surface area contributed by atoms with Gasteiger partial charge in [-0.25, -0.2) is 19.6 Å². The minimum atomic E-state index is -4.53. The van der Waals surface area contributed by atoms with Crippen molar-refractivity contribution in [1.29, 1.82) is 0 Å². The van der Waals surface area contributed by atoms with E-state index in [2.05, 4.69) is 25.2 Å². The number of H-pyrrole nitrogens is 1. The van der Waals surface area contributed by atoms with Crippen LogP contribution in [-0.2, 0) is 6.54 Å². The van der Waals surface area contributed by atoms with E-state index in [1.54, 1.807) is 19.2 Å². The molecule has 0 aliphatic carbocycles. The number of hydrogen-bond acceptors (Lipinski definition) is 5. The van der Waals surface area contributed by atoms with E-state index in [9.17, 15) is 27.6 Å². The van der Waals surface area contributed by atoms with Crippen LogP contribution < -0.4 is 10.2 Å². The molecule has 4 aromatic rings. The molecule has 1 aliphatic rings. The van der Waals surface area contributed by atoms with Crippen LogP contribution in [0.25, 0.3) is 22.8 Å². The zero-order chi connectivity index (χ0) is 27.8. The zero-order valence-electron chi connectivity index (χ0n) is 20.9. The average molecular weight is 545 g/mol. The van der Waals surface area contributed by atoms with Gasteiger partial charge < -0.3 is 19.8 Å². The van der Waals surface area contributed by atoms with Crippen LogP contribution in [0.15, 0.2) is 61.1 Å². The molecular formula is C26H26F4N7O2+. The summed E-state index contributed by atoms with van der Waals surface area (Å²) in [5, 5.41) is 12.8. The van der Waals surface area contributed by atoms with Gasteiger partial charge in [-0.2, -0.15) is 17.8 Å². The summed E-state index contributed by atoms with van der Waals surface area (Å²) in [6.07, 6.45) is -2.26. The number of carbonyl (C=O) groups is 1. The van der Waals surface area contributed by atoms with Crippen LogP contribution in [0, 0.1) is 5.82 Å². The van der Waals surface area contributed by atoms with E-state index in [0.717, 1.165) is 16.6 Å². The van der Waals surface area contributed by atoms with Gasteiger partial charge in [-0.05, 0) is 48.5 Å². The second kappa shape index (κ2) is 10.2. The van der Waals surface area contributed by atoms with Gasteiger partial charge >= 0.3 is 6.18 Å². The van der Waals surface area contributed by atoms with Crippen LogP contribution in [0.1, 0.15) is 10.5 Å². The maximum Gasteiger partial charge on any atom is 0.406 e. The molecule has 0 saturated carbocycles. The highest BCUT2D eigenvalue weighted by Crippen LogP contribution is 2.32. The predicted molar refractivity (Wildman–Crippen MR) is 136 cm³/mol. The van der Waals surface area contributed by atoms with Crippen LogP contribution in [0.5, 0.6) is 0 Å². The highest BCUT2D eigenvalue weighted by molar-refractivity contribution is 6.03. The first-order chi connectivity index (χ1) is 18.5. The molecule has 2 aromatic heterocycles. The lowest BCUT2D eigenvalue weighted by molar-refractivity contribution is -1.09. The molecule has 1 saturated heterocycles. The molecular weight excluding hydrogens is 518 g/mol. The van der Waals surface area contributed by atoms with Crippen LogP contribution in [0.4, 0.5) is 28.9 Å². The van der Waals surface area contributed by atoms with Crippen LogP contribution in [0.3, 0.4) is 0 Å². The maximum atomic E-state index is 13.4. The molecule has 9 nitrogen and oxygen atoms in total. The largest absolute Gasteiger partial charge is 0.406 e. The number of piperazine rings is 1. The Morgan fingerprint density at radius 1 is 1.08 bits per heavy atom. The Morgan fingerprint density at radius 2 is 1.74 bits per heavy atom. The van der Waals surface area contributed by atoms with Gasteiger partial charge in [-0.3, -0.25) is 4.79 Å². The van der Waals surface area contributed by atoms with E-state index in [0.29, 0.717) is 37.4 Å². The number of rotatable bonds is 6. The van der Waals surface area contributed by atoms with Crippen molar-refractivity contribution in [2.24, 2.45) is 0 Å². The van der Waals surface area contributed by atoms with Crippen molar-refractivity contribution in [3.05, 3.63) is 72.6 Å². The summed E-state index contributed by atoms with van der Waals surface area (Å²) >= 11 is 0.